The van der Waals surface area contributed by atoms with Gasteiger partial charge in [-0.1, -0.05) is 24.3 Å². The van der Waals surface area contributed by atoms with E-state index in [9.17, 15) is 0 Å². The molecule has 20 heavy (non-hydrogen) atoms. The van der Waals surface area contributed by atoms with Gasteiger partial charge >= 0.3 is 0 Å². The molecule has 0 unspecified atom stereocenters. The molecular formula is C12H18N8. The van der Waals surface area contributed by atoms with Gasteiger partial charge < -0.3 is 22.9 Å². The van der Waals surface area contributed by atoms with E-state index < -0.39 is 0 Å². The zero-order valence-corrected chi connectivity index (χ0v) is 11.4. The second-order valence-electron chi connectivity index (χ2n) is 4.00. The Balaban J connectivity index is 2.95. The number of nitrogens with zero attached hydrogens (tertiary/aromatic N) is 4. The van der Waals surface area contributed by atoms with Gasteiger partial charge in [0.2, 0.25) is 11.9 Å². The highest BCUT2D eigenvalue weighted by atomic mass is 15.3. The molecular weight excluding hydrogens is 256 g/mol. The largest absolute Gasteiger partial charge is 0.369 e. The smallest absolute Gasteiger partial charge is 0.211 e. The van der Waals surface area contributed by atoms with Crippen molar-refractivity contribution in [2.24, 2.45) is 43.3 Å². The molecule has 0 fully saturated rings. The molecule has 0 radical (unpaired) electrons. The van der Waals surface area contributed by atoms with Crippen LogP contribution in [0.25, 0.3) is 0 Å². The molecule has 0 spiro atoms. The minimum atomic E-state index is -0.0822. The summed E-state index contributed by atoms with van der Waals surface area (Å²) in [6, 6.07) is 7.52. The van der Waals surface area contributed by atoms with Crippen molar-refractivity contribution >= 4 is 23.3 Å². The molecule has 106 valence electrons. The summed E-state index contributed by atoms with van der Waals surface area (Å²) in [6.07, 6.45) is 0. The molecule has 1 aromatic rings. The molecule has 8 heteroatoms. The number of nitrogens with two attached hydrogens (primary N) is 4. The van der Waals surface area contributed by atoms with Crippen LogP contribution in [0.2, 0.25) is 0 Å². The van der Waals surface area contributed by atoms with Crippen LogP contribution in [0.4, 0.5) is 0 Å². The molecule has 0 aliphatic rings. The molecule has 0 aliphatic heterocycles. The Bertz CT molecular complexity index is 519. The van der Waals surface area contributed by atoms with Crippen molar-refractivity contribution in [3.05, 3.63) is 35.4 Å². The van der Waals surface area contributed by atoms with Crippen LogP contribution in [0.3, 0.4) is 0 Å². The molecule has 0 aliphatic carbocycles. The Hall–Kier alpha value is -2.90. The van der Waals surface area contributed by atoms with Gasteiger partial charge in [0.25, 0.3) is 0 Å². The zero-order valence-electron chi connectivity index (χ0n) is 11.4. The van der Waals surface area contributed by atoms with Crippen LogP contribution in [0, 0.1) is 0 Å². The third-order valence-electron chi connectivity index (χ3n) is 2.35. The molecule has 0 bridgehead atoms. The molecule has 0 saturated carbocycles. The Kier molecular flexibility index (Phi) is 5.21. The van der Waals surface area contributed by atoms with Crippen LogP contribution in [0.1, 0.15) is 25.0 Å². The van der Waals surface area contributed by atoms with E-state index in [1.807, 2.05) is 38.1 Å². The van der Waals surface area contributed by atoms with E-state index in [1.54, 1.807) is 0 Å². The lowest BCUT2D eigenvalue weighted by Gasteiger charge is -2.02. The van der Waals surface area contributed by atoms with Crippen LogP contribution in [-0.4, -0.2) is 23.3 Å². The molecule has 0 heterocycles. The number of hydrogen-bond acceptors (Lipinski definition) is 4. The minimum absolute atomic E-state index is 0.0822. The Morgan fingerprint density at radius 1 is 0.650 bits per heavy atom. The standard InChI is InChI=1S/C12H18N8/c1-7(17-19-11(13)14)9-3-5-10(6-4-9)8(2)18-20-12(15)16/h3-6H,1-2H3,(H4,13,14,19)(H4,15,16,20)/b17-7+,18-8+. The van der Waals surface area contributed by atoms with Gasteiger partial charge in [-0.2, -0.15) is 10.2 Å². The SMILES string of the molecule is C/C(=N\N=C(N)N)c1ccc(/C(C)=N/N=C(N)N)cc1. The first-order valence-electron chi connectivity index (χ1n) is 5.77. The van der Waals surface area contributed by atoms with Crippen molar-refractivity contribution in [2.45, 2.75) is 13.8 Å². The predicted molar refractivity (Wildman–Crippen MR) is 82.5 cm³/mol. The fraction of sp³-hybridized carbons (Fsp3) is 0.167. The van der Waals surface area contributed by atoms with E-state index >= 15 is 0 Å². The fourth-order valence-electron chi connectivity index (χ4n) is 1.33. The van der Waals surface area contributed by atoms with Gasteiger partial charge in [0.05, 0.1) is 11.4 Å². The molecule has 8 N–H and O–H groups in total. The number of rotatable bonds is 4. The van der Waals surface area contributed by atoms with Crippen LogP contribution in [0.15, 0.2) is 44.7 Å². The molecule has 0 saturated heterocycles. The summed E-state index contributed by atoms with van der Waals surface area (Å²) >= 11 is 0. The lowest BCUT2D eigenvalue weighted by Crippen LogP contribution is -2.22. The summed E-state index contributed by atoms with van der Waals surface area (Å²) in [5.74, 6) is -0.164. The molecule has 1 aromatic carbocycles. The predicted octanol–water partition coefficient (Wildman–Crippen LogP) is -0.319. The van der Waals surface area contributed by atoms with Gasteiger partial charge in [-0.05, 0) is 25.0 Å². The number of guanidine groups is 2. The first-order valence-corrected chi connectivity index (χ1v) is 5.77. The quantitative estimate of drug-likeness (QED) is 0.337. The van der Waals surface area contributed by atoms with E-state index in [-0.39, 0.29) is 11.9 Å². The van der Waals surface area contributed by atoms with Crippen LogP contribution in [-0.2, 0) is 0 Å². The Morgan fingerprint density at radius 3 is 1.20 bits per heavy atom. The molecule has 0 aromatic heterocycles. The number of hydrogen-bond donors (Lipinski definition) is 4. The normalized spacial score (nSPS) is 11.9. The van der Waals surface area contributed by atoms with Gasteiger partial charge in [0, 0.05) is 0 Å². The highest BCUT2D eigenvalue weighted by Gasteiger charge is 2.00. The van der Waals surface area contributed by atoms with E-state index in [4.69, 9.17) is 22.9 Å². The first-order chi connectivity index (χ1) is 9.40. The summed E-state index contributed by atoms with van der Waals surface area (Å²) in [6.45, 7) is 3.61. The highest BCUT2D eigenvalue weighted by Crippen LogP contribution is 2.07. The Morgan fingerprint density at radius 2 is 0.950 bits per heavy atom. The number of benzene rings is 1. The monoisotopic (exact) mass is 274 g/mol. The van der Waals surface area contributed by atoms with Gasteiger partial charge in [0.15, 0.2) is 0 Å². The van der Waals surface area contributed by atoms with Gasteiger partial charge in [-0.3, -0.25) is 0 Å². The fourth-order valence-corrected chi connectivity index (χ4v) is 1.33. The average Bonchev–Trinajstić information content (AvgIpc) is 2.42. The van der Waals surface area contributed by atoms with Crippen molar-refractivity contribution < 1.29 is 0 Å². The summed E-state index contributed by atoms with van der Waals surface area (Å²) in [5, 5.41) is 15.0. The summed E-state index contributed by atoms with van der Waals surface area (Å²) < 4.78 is 0. The summed E-state index contributed by atoms with van der Waals surface area (Å²) in [5.41, 5.74) is 24.0. The summed E-state index contributed by atoms with van der Waals surface area (Å²) in [7, 11) is 0. The molecule has 0 atom stereocenters. The maximum absolute atomic E-state index is 5.21. The van der Waals surface area contributed by atoms with Gasteiger partial charge in [-0.25, -0.2) is 0 Å². The van der Waals surface area contributed by atoms with Gasteiger partial charge in [0.1, 0.15) is 0 Å². The second-order valence-corrected chi connectivity index (χ2v) is 4.00. The highest BCUT2D eigenvalue weighted by molar-refractivity contribution is 6.02. The van der Waals surface area contributed by atoms with E-state index in [2.05, 4.69) is 20.4 Å². The van der Waals surface area contributed by atoms with Crippen LogP contribution < -0.4 is 22.9 Å². The summed E-state index contributed by atoms with van der Waals surface area (Å²) in [4.78, 5) is 0. The first kappa shape index (κ1) is 15.2. The van der Waals surface area contributed by atoms with Crippen molar-refractivity contribution in [3.63, 3.8) is 0 Å². The maximum Gasteiger partial charge on any atom is 0.211 e. The van der Waals surface area contributed by atoms with Crippen molar-refractivity contribution in [1.82, 2.24) is 0 Å². The van der Waals surface area contributed by atoms with Gasteiger partial charge in [-0.15, -0.1) is 10.2 Å². The molecule has 0 amide bonds. The van der Waals surface area contributed by atoms with Crippen LogP contribution >= 0.6 is 0 Å². The van der Waals surface area contributed by atoms with E-state index in [0.29, 0.717) is 11.4 Å². The zero-order chi connectivity index (χ0) is 15.1. The lowest BCUT2D eigenvalue weighted by molar-refractivity contribution is 1.19. The van der Waals surface area contributed by atoms with E-state index in [1.165, 1.54) is 0 Å². The van der Waals surface area contributed by atoms with Crippen molar-refractivity contribution in [1.29, 1.82) is 0 Å². The minimum Gasteiger partial charge on any atom is -0.369 e. The second kappa shape index (κ2) is 6.88. The third kappa shape index (κ3) is 4.77. The topological polar surface area (TPSA) is 154 Å². The average molecular weight is 274 g/mol. The van der Waals surface area contributed by atoms with E-state index in [0.717, 1.165) is 11.1 Å². The third-order valence-corrected chi connectivity index (χ3v) is 2.35. The molecule has 1 rings (SSSR count). The Labute approximate surface area is 117 Å². The molecule has 8 nitrogen and oxygen atoms in total. The van der Waals surface area contributed by atoms with Crippen LogP contribution in [0.5, 0.6) is 0 Å². The maximum atomic E-state index is 5.21. The van der Waals surface area contributed by atoms with Crippen molar-refractivity contribution in [2.75, 3.05) is 0 Å². The van der Waals surface area contributed by atoms with Crippen molar-refractivity contribution in [3.8, 4) is 0 Å². The lowest BCUT2D eigenvalue weighted by atomic mass is 10.1.